The topological polar surface area (TPSA) is 128 Å². The molecule has 4 heterocycles. The molecule has 0 aromatic rings. The van der Waals surface area contributed by atoms with E-state index >= 15 is 0 Å². The van der Waals surface area contributed by atoms with Gasteiger partial charge in [0.25, 0.3) is 0 Å². The van der Waals surface area contributed by atoms with Crippen LogP contribution in [0.25, 0.3) is 0 Å². The fraction of sp³-hybridized carbons (Fsp3) is 0.591. The van der Waals surface area contributed by atoms with Crippen molar-refractivity contribution in [2.75, 3.05) is 26.8 Å². The van der Waals surface area contributed by atoms with Crippen LogP contribution in [0.1, 0.15) is 19.3 Å². The van der Waals surface area contributed by atoms with Crippen molar-refractivity contribution < 1.29 is 28.8 Å². The van der Waals surface area contributed by atoms with Crippen molar-refractivity contribution in [3.8, 4) is 0 Å². The first-order valence-electron chi connectivity index (χ1n) is 10.9. The van der Waals surface area contributed by atoms with Gasteiger partial charge in [0.15, 0.2) is 0 Å². The number of hydrogen-bond acceptors (Lipinski definition) is 9. The molecule has 0 unspecified atom stereocenters. The van der Waals surface area contributed by atoms with E-state index in [1.165, 1.54) is 18.8 Å². The highest BCUT2D eigenvalue weighted by Crippen LogP contribution is 2.64. The van der Waals surface area contributed by atoms with E-state index in [0.717, 1.165) is 25.9 Å². The maximum Gasteiger partial charge on any atom is 0.343 e. The normalized spacial score (nSPS) is 39.5. The van der Waals surface area contributed by atoms with Crippen LogP contribution in [0.2, 0.25) is 0 Å². The van der Waals surface area contributed by atoms with Gasteiger partial charge in [-0.25, -0.2) is 0 Å². The van der Waals surface area contributed by atoms with Crippen LogP contribution < -0.4 is 5.32 Å². The van der Waals surface area contributed by atoms with Gasteiger partial charge in [0.2, 0.25) is 5.78 Å². The van der Waals surface area contributed by atoms with Gasteiger partial charge in [0.1, 0.15) is 5.70 Å². The molecule has 6 atom stereocenters. The summed E-state index contributed by atoms with van der Waals surface area (Å²) < 4.78 is 11.1. The number of ether oxygens (including phenoxy) is 2. The van der Waals surface area contributed by atoms with Crippen molar-refractivity contribution in [1.82, 2.24) is 10.2 Å². The third-order valence-electron chi connectivity index (χ3n) is 8.48. The second-order valence-electron chi connectivity index (χ2n) is 9.48. The summed E-state index contributed by atoms with van der Waals surface area (Å²) in [7, 11) is 1.34. The number of carbonyl (C=O) groups is 3. The van der Waals surface area contributed by atoms with Gasteiger partial charge in [-0.1, -0.05) is 11.6 Å². The van der Waals surface area contributed by atoms with Crippen molar-refractivity contribution in [2.24, 2.45) is 17.3 Å². The Morgan fingerprint density at radius 2 is 2.25 bits per heavy atom. The van der Waals surface area contributed by atoms with E-state index in [9.17, 15) is 24.5 Å². The summed E-state index contributed by atoms with van der Waals surface area (Å²) in [5.41, 5.74) is 0.820. The molecule has 4 fully saturated rings. The van der Waals surface area contributed by atoms with E-state index in [2.05, 4.69) is 16.3 Å². The molecule has 10 nitrogen and oxygen atoms in total. The zero-order valence-corrected chi connectivity index (χ0v) is 17.5. The van der Waals surface area contributed by atoms with E-state index in [-0.39, 0.29) is 42.0 Å². The predicted molar refractivity (Wildman–Crippen MR) is 108 cm³/mol. The molecule has 1 N–H and O–H groups in total. The van der Waals surface area contributed by atoms with Crippen LogP contribution in [0.5, 0.6) is 0 Å². The van der Waals surface area contributed by atoms with Gasteiger partial charge >= 0.3 is 17.4 Å². The van der Waals surface area contributed by atoms with E-state index in [1.54, 1.807) is 0 Å². The quantitative estimate of drug-likeness (QED) is 0.162. The summed E-state index contributed by atoms with van der Waals surface area (Å²) in [6, 6.07) is -0.185. The summed E-state index contributed by atoms with van der Waals surface area (Å²) >= 11 is 0. The molecule has 32 heavy (non-hydrogen) atoms. The number of piperidine rings is 1. The molecule has 3 saturated heterocycles. The number of carbonyl (C=O) groups excluding carboxylic acids is 3. The SMILES string of the molecule is COC(=O)C[C@H]1OCC=C2CN3CC[C@]45C6=CC(=O)C(=O)C([N+](=O)[O-])=C6N[C@@H]4[C@@H]1[C@@H]2C[C@@H]35. The molecule has 0 amide bonds. The van der Waals surface area contributed by atoms with E-state index in [0.29, 0.717) is 12.2 Å². The van der Waals surface area contributed by atoms with Gasteiger partial charge in [0.05, 0.1) is 31.2 Å². The Hall–Kier alpha value is -2.85. The number of allylic oxidation sites excluding steroid dienone is 3. The molecule has 2 bridgehead atoms. The van der Waals surface area contributed by atoms with E-state index in [4.69, 9.17) is 9.47 Å². The average Bonchev–Trinajstić information content (AvgIpc) is 3.24. The smallest absolute Gasteiger partial charge is 0.343 e. The molecule has 0 radical (unpaired) electrons. The number of fused-ring (bicyclic) bond motifs is 2. The van der Waals surface area contributed by atoms with E-state index < -0.39 is 33.7 Å². The van der Waals surface area contributed by atoms with Crippen molar-refractivity contribution in [2.45, 2.75) is 37.5 Å². The third kappa shape index (κ3) is 2.34. The fourth-order valence-corrected chi connectivity index (χ4v) is 7.31. The van der Waals surface area contributed by atoms with Crippen LogP contribution in [0.4, 0.5) is 0 Å². The number of nitro groups is 1. The second-order valence-corrected chi connectivity index (χ2v) is 9.48. The predicted octanol–water partition coefficient (Wildman–Crippen LogP) is 0.123. The molecule has 4 aliphatic heterocycles. The Morgan fingerprint density at radius 3 is 3.00 bits per heavy atom. The number of methoxy groups -OCH3 is 1. The number of hydrogen-bond donors (Lipinski definition) is 1. The zero-order valence-electron chi connectivity index (χ0n) is 17.5. The van der Waals surface area contributed by atoms with Crippen molar-refractivity contribution in [1.29, 1.82) is 0 Å². The first-order valence-corrected chi connectivity index (χ1v) is 10.9. The van der Waals surface area contributed by atoms with Crippen LogP contribution in [0.3, 0.4) is 0 Å². The molecule has 6 rings (SSSR count). The number of rotatable bonds is 3. The summed E-state index contributed by atoms with van der Waals surface area (Å²) in [5.74, 6) is -2.28. The van der Waals surface area contributed by atoms with Crippen molar-refractivity contribution >= 4 is 17.5 Å². The lowest BCUT2D eigenvalue weighted by Crippen LogP contribution is -2.63. The molecule has 0 aromatic heterocycles. The Balaban J connectivity index is 1.55. The monoisotopic (exact) mass is 441 g/mol. The first kappa shape index (κ1) is 19.8. The van der Waals surface area contributed by atoms with Gasteiger partial charge < -0.3 is 14.8 Å². The Morgan fingerprint density at radius 1 is 1.44 bits per heavy atom. The molecule has 6 aliphatic rings. The van der Waals surface area contributed by atoms with Crippen LogP contribution in [-0.2, 0) is 23.9 Å². The molecule has 2 aliphatic carbocycles. The molecule has 10 heteroatoms. The molecular weight excluding hydrogens is 418 g/mol. The van der Waals surface area contributed by atoms with Gasteiger partial charge in [-0.05, 0) is 37.0 Å². The Kier molecular flexibility index (Phi) is 4.07. The molecule has 0 aromatic carbocycles. The maximum atomic E-state index is 12.5. The average molecular weight is 441 g/mol. The highest BCUT2D eigenvalue weighted by Gasteiger charge is 2.69. The van der Waals surface area contributed by atoms with Gasteiger partial charge in [-0.3, -0.25) is 29.4 Å². The van der Waals surface area contributed by atoms with Crippen molar-refractivity contribution in [3.63, 3.8) is 0 Å². The number of Topliss-reactive ketones (excluding diaryl/α,β-unsaturated/α-hetero) is 1. The van der Waals surface area contributed by atoms with Crippen LogP contribution in [-0.4, -0.2) is 72.4 Å². The lowest BCUT2D eigenvalue weighted by molar-refractivity contribution is -0.419. The zero-order chi connectivity index (χ0) is 22.4. The minimum atomic E-state index is -1.09. The minimum absolute atomic E-state index is 0.0828. The van der Waals surface area contributed by atoms with Crippen LogP contribution in [0.15, 0.2) is 34.7 Å². The van der Waals surface area contributed by atoms with Gasteiger partial charge in [-0.15, -0.1) is 0 Å². The lowest BCUT2D eigenvalue weighted by atomic mass is 9.54. The number of nitrogens with one attached hydrogen (secondary N) is 1. The Bertz CT molecular complexity index is 1080. The van der Waals surface area contributed by atoms with Gasteiger partial charge in [-0.2, -0.15) is 0 Å². The molecule has 1 spiro atoms. The van der Waals surface area contributed by atoms with Crippen LogP contribution in [0, 0.1) is 27.4 Å². The number of nitrogens with zero attached hydrogens (tertiary/aromatic N) is 2. The van der Waals surface area contributed by atoms with Crippen LogP contribution >= 0.6 is 0 Å². The summed E-state index contributed by atoms with van der Waals surface area (Å²) in [4.78, 5) is 50.6. The third-order valence-corrected chi connectivity index (χ3v) is 8.48. The molecule has 168 valence electrons. The Labute approximate surface area is 183 Å². The lowest BCUT2D eigenvalue weighted by Gasteiger charge is -2.55. The molecular formula is C22H23N3O7. The fourth-order valence-electron chi connectivity index (χ4n) is 7.31. The summed E-state index contributed by atoms with van der Waals surface area (Å²) in [5, 5.41) is 15.1. The van der Waals surface area contributed by atoms with Gasteiger partial charge in [0, 0.05) is 30.0 Å². The minimum Gasteiger partial charge on any atom is -0.469 e. The second kappa shape index (κ2) is 6.58. The summed E-state index contributed by atoms with van der Waals surface area (Å²) in [6.07, 6.45) is 4.62. The van der Waals surface area contributed by atoms with E-state index in [1.807, 2.05) is 0 Å². The highest BCUT2D eigenvalue weighted by molar-refractivity contribution is 6.48. The number of esters is 1. The first-order chi connectivity index (χ1) is 15.4. The summed E-state index contributed by atoms with van der Waals surface area (Å²) in [6.45, 7) is 1.99. The van der Waals surface area contributed by atoms with Crippen molar-refractivity contribution in [3.05, 3.63) is 44.8 Å². The number of ketones is 2. The highest BCUT2D eigenvalue weighted by atomic mass is 16.6. The maximum absolute atomic E-state index is 12.5. The largest absolute Gasteiger partial charge is 0.469 e. The molecule has 1 saturated carbocycles. The standard InChI is InChI=1S/C22H23N3O7/c1-31-16(27)8-14-17-11-6-15-22(3-4-24(15)9-10(11)2-5-32-14)12-7-13(26)20(28)19(25(29)30)18(12)23-21(17)22/h2,7,11,14-15,17,21,23H,3-6,8-9H2,1H3/t11-,14-,15-,17-,21-,22-/m1/s1.